The molecule has 0 amide bonds. The van der Waals surface area contributed by atoms with E-state index in [1.54, 1.807) is 0 Å². The number of rotatable bonds is 5. The lowest BCUT2D eigenvalue weighted by Gasteiger charge is -2.44. The molecule has 0 N–H and O–H groups in total. The van der Waals surface area contributed by atoms with Gasteiger partial charge in [-0.1, -0.05) is 44.2 Å². The Balaban J connectivity index is 2.44. The maximum Gasteiger partial charge on any atom is 0.280 e. The average molecular weight is 323 g/mol. The molecule has 1 aromatic rings. The molecule has 1 saturated heterocycles. The van der Waals surface area contributed by atoms with Crippen LogP contribution in [0.2, 0.25) is 0 Å². The fourth-order valence-electron chi connectivity index (χ4n) is 3.24. The minimum absolute atomic E-state index is 0.0427. The second kappa shape index (κ2) is 7.29. The van der Waals surface area contributed by atoms with Gasteiger partial charge < -0.3 is 4.52 Å². The summed E-state index contributed by atoms with van der Waals surface area (Å²) < 4.78 is 22.2. The zero-order valence-corrected chi connectivity index (χ0v) is 15.4. The summed E-state index contributed by atoms with van der Waals surface area (Å²) in [6, 6.07) is 10.5. The zero-order chi connectivity index (χ0) is 16.3. The van der Waals surface area contributed by atoms with Gasteiger partial charge in [-0.25, -0.2) is 4.67 Å². The highest BCUT2D eigenvalue weighted by molar-refractivity contribution is 7.57. The van der Waals surface area contributed by atoms with Crippen molar-refractivity contribution < 1.29 is 9.09 Å². The maximum atomic E-state index is 14.0. The molecule has 3 nitrogen and oxygen atoms in total. The number of hydrogen-bond acceptors (Lipinski definition) is 2. The van der Waals surface area contributed by atoms with E-state index < -0.39 is 7.52 Å². The summed E-state index contributed by atoms with van der Waals surface area (Å²) in [5.41, 5.74) is 1.10. The fourth-order valence-corrected chi connectivity index (χ4v) is 6.76. The minimum Gasteiger partial charge on any atom is -0.314 e. The van der Waals surface area contributed by atoms with Gasteiger partial charge in [0.1, 0.15) is 0 Å². The van der Waals surface area contributed by atoms with E-state index in [4.69, 9.17) is 4.52 Å². The quantitative estimate of drug-likeness (QED) is 0.671. The molecular weight excluding hydrogens is 293 g/mol. The summed E-state index contributed by atoms with van der Waals surface area (Å²) in [6.45, 7) is 11.5. The lowest BCUT2D eigenvalue weighted by atomic mass is 10.0. The second-order valence-electron chi connectivity index (χ2n) is 7.08. The van der Waals surface area contributed by atoms with E-state index in [2.05, 4.69) is 44.5 Å². The highest BCUT2D eigenvalue weighted by Gasteiger charge is 2.46. The van der Waals surface area contributed by atoms with Gasteiger partial charge in [0.25, 0.3) is 7.52 Å². The number of benzene rings is 1. The Morgan fingerprint density at radius 1 is 1.23 bits per heavy atom. The van der Waals surface area contributed by atoms with Crippen molar-refractivity contribution in [3.63, 3.8) is 0 Å². The van der Waals surface area contributed by atoms with E-state index in [1.165, 1.54) is 0 Å². The van der Waals surface area contributed by atoms with Crippen LogP contribution in [0.4, 0.5) is 0 Å². The van der Waals surface area contributed by atoms with Crippen LogP contribution in [0, 0.1) is 5.92 Å². The van der Waals surface area contributed by atoms with Crippen molar-refractivity contribution in [3.05, 3.63) is 35.9 Å². The lowest BCUT2D eigenvalue weighted by Crippen LogP contribution is -2.38. The summed E-state index contributed by atoms with van der Waals surface area (Å²) in [4.78, 5) is 0. The van der Waals surface area contributed by atoms with Crippen LogP contribution in [0.5, 0.6) is 0 Å². The molecule has 1 aliphatic heterocycles. The van der Waals surface area contributed by atoms with Crippen LogP contribution >= 0.6 is 7.52 Å². The van der Waals surface area contributed by atoms with Crippen LogP contribution in [0.1, 0.15) is 58.7 Å². The van der Waals surface area contributed by atoms with Crippen molar-refractivity contribution in [2.24, 2.45) is 5.92 Å². The predicted octanol–water partition coefficient (Wildman–Crippen LogP) is 5.49. The molecule has 1 aliphatic rings. The molecule has 124 valence electrons. The molecule has 0 radical (unpaired) electrons. The third-order valence-corrected chi connectivity index (χ3v) is 7.66. The standard InChI is InChI=1S/C18H30NO2P/c1-14(2)13-18(17-9-7-6-8-10-17)22(20)19(15(3)4)12-11-16(5)21-22/h6-10,14-16,18H,11-13H2,1-5H3/t16-,18+,22+/m0/s1. The molecule has 0 spiro atoms. The molecule has 1 fully saturated rings. The van der Waals surface area contributed by atoms with Crippen molar-refractivity contribution in [3.8, 4) is 0 Å². The number of hydrogen-bond donors (Lipinski definition) is 0. The molecule has 1 heterocycles. The van der Waals surface area contributed by atoms with Gasteiger partial charge >= 0.3 is 0 Å². The first-order chi connectivity index (χ1) is 10.3. The van der Waals surface area contributed by atoms with E-state index in [9.17, 15) is 4.57 Å². The molecule has 3 atom stereocenters. The predicted molar refractivity (Wildman–Crippen MR) is 93.3 cm³/mol. The molecule has 1 aromatic carbocycles. The summed E-state index contributed by atoms with van der Waals surface area (Å²) in [5.74, 6) is 0.478. The lowest BCUT2D eigenvalue weighted by molar-refractivity contribution is 0.121. The molecule has 0 saturated carbocycles. The molecule has 0 aromatic heterocycles. The van der Waals surface area contributed by atoms with Gasteiger partial charge in [-0.3, -0.25) is 4.57 Å². The van der Waals surface area contributed by atoms with Gasteiger partial charge in [0.15, 0.2) is 0 Å². The SMILES string of the molecule is CC(C)C[C@H](c1ccccc1)[P@@]1(=O)O[C@@H](C)CCN1C(C)C. The van der Waals surface area contributed by atoms with Crippen LogP contribution in [-0.2, 0) is 9.09 Å². The number of nitrogens with zero attached hydrogens (tertiary/aromatic N) is 1. The summed E-state index contributed by atoms with van der Waals surface area (Å²) in [6.07, 6.45) is 1.90. The van der Waals surface area contributed by atoms with Crippen LogP contribution < -0.4 is 0 Å². The van der Waals surface area contributed by atoms with Crippen LogP contribution in [-0.4, -0.2) is 23.4 Å². The Kier molecular flexibility index (Phi) is 5.87. The zero-order valence-electron chi connectivity index (χ0n) is 14.5. The van der Waals surface area contributed by atoms with E-state index in [-0.39, 0.29) is 17.8 Å². The van der Waals surface area contributed by atoms with Crippen molar-refractivity contribution in [2.75, 3.05) is 6.54 Å². The average Bonchev–Trinajstić information content (AvgIpc) is 2.45. The van der Waals surface area contributed by atoms with Crippen molar-refractivity contribution in [1.29, 1.82) is 0 Å². The highest BCUT2D eigenvalue weighted by atomic mass is 31.2. The molecule has 0 aliphatic carbocycles. The van der Waals surface area contributed by atoms with Gasteiger partial charge in [-0.05, 0) is 45.1 Å². The largest absolute Gasteiger partial charge is 0.314 e. The first-order valence-corrected chi connectivity index (χ1v) is 10.1. The van der Waals surface area contributed by atoms with E-state index in [1.807, 2.05) is 25.1 Å². The molecular formula is C18H30NO2P. The minimum atomic E-state index is -2.89. The van der Waals surface area contributed by atoms with Crippen LogP contribution in [0.15, 0.2) is 30.3 Å². The fraction of sp³-hybridized carbons (Fsp3) is 0.667. The molecule has 22 heavy (non-hydrogen) atoms. The van der Waals surface area contributed by atoms with E-state index in [0.29, 0.717) is 5.92 Å². The summed E-state index contributed by atoms with van der Waals surface area (Å²) >= 11 is 0. The Hall–Kier alpha value is -0.630. The van der Waals surface area contributed by atoms with E-state index >= 15 is 0 Å². The highest BCUT2D eigenvalue weighted by Crippen LogP contribution is 2.67. The molecule has 0 unspecified atom stereocenters. The Morgan fingerprint density at radius 3 is 2.41 bits per heavy atom. The van der Waals surface area contributed by atoms with Crippen molar-refractivity contribution in [1.82, 2.24) is 4.67 Å². The topological polar surface area (TPSA) is 29.5 Å². The normalized spacial score (nSPS) is 28.2. The molecule has 2 rings (SSSR count). The first-order valence-electron chi connectivity index (χ1n) is 8.44. The van der Waals surface area contributed by atoms with Gasteiger partial charge in [-0.2, -0.15) is 0 Å². The first kappa shape index (κ1) is 17.7. The second-order valence-corrected chi connectivity index (χ2v) is 9.56. The van der Waals surface area contributed by atoms with Crippen LogP contribution in [0.3, 0.4) is 0 Å². The Bertz CT molecular complexity index is 515. The van der Waals surface area contributed by atoms with Crippen molar-refractivity contribution in [2.45, 2.75) is 65.3 Å². The van der Waals surface area contributed by atoms with Gasteiger partial charge in [0.2, 0.25) is 0 Å². The van der Waals surface area contributed by atoms with Crippen LogP contribution in [0.25, 0.3) is 0 Å². The summed E-state index contributed by atoms with van der Waals surface area (Å²) in [5, 5.41) is 0. The van der Waals surface area contributed by atoms with Gasteiger partial charge in [0, 0.05) is 12.6 Å². The Labute approximate surface area is 135 Å². The Morgan fingerprint density at radius 2 is 1.86 bits per heavy atom. The van der Waals surface area contributed by atoms with Gasteiger partial charge in [-0.15, -0.1) is 0 Å². The molecule has 0 bridgehead atoms. The molecule has 4 heteroatoms. The third kappa shape index (κ3) is 3.82. The maximum absolute atomic E-state index is 14.0. The third-order valence-electron chi connectivity index (χ3n) is 4.32. The smallest absolute Gasteiger partial charge is 0.280 e. The van der Waals surface area contributed by atoms with Gasteiger partial charge in [0.05, 0.1) is 11.8 Å². The summed E-state index contributed by atoms with van der Waals surface area (Å²) in [7, 11) is -2.89. The monoisotopic (exact) mass is 323 g/mol. The van der Waals surface area contributed by atoms with Crippen molar-refractivity contribution >= 4 is 7.52 Å². The van der Waals surface area contributed by atoms with E-state index in [0.717, 1.165) is 24.9 Å².